The Labute approximate surface area is 173 Å². The molecule has 1 saturated heterocycles. The molecule has 2 aromatic carbocycles. The van der Waals surface area contributed by atoms with Crippen molar-refractivity contribution >= 4 is 28.4 Å². The monoisotopic (exact) mass is 406 g/mol. The molecule has 148 valence electrons. The molecule has 0 spiro atoms. The Balaban J connectivity index is 1.33. The van der Waals surface area contributed by atoms with Crippen LogP contribution >= 0.6 is 11.3 Å². The maximum atomic E-state index is 12.6. The second-order valence-corrected chi connectivity index (χ2v) is 7.82. The zero-order valence-electron chi connectivity index (χ0n) is 15.9. The molecule has 1 atom stereocenters. The van der Waals surface area contributed by atoms with Gasteiger partial charge in [-0.2, -0.15) is 0 Å². The molecular formula is C22H22N4O2S. The van der Waals surface area contributed by atoms with E-state index in [9.17, 15) is 9.59 Å². The van der Waals surface area contributed by atoms with E-state index in [4.69, 9.17) is 0 Å². The molecule has 3 aromatic rings. The van der Waals surface area contributed by atoms with Crippen LogP contribution in [0.15, 0.2) is 66.0 Å². The Kier molecular flexibility index (Phi) is 5.86. The van der Waals surface area contributed by atoms with Gasteiger partial charge in [-0.25, -0.2) is 9.78 Å². The lowest BCUT2D eigenvalue weighted by molar-refractivity contribution is 0.0698. The van der Waals surface area contributed by atoms with Crippen molar-refractivity contribution in [1.29, 1.82) is 0 Å². The van der Waals surface area contributed by atoms with Crippen molar-refractivity contribution in [2.24, 2.45) is 0 Å². The third kappa shape index (κ3) is 4.81. The molecule has 2 N–H and O–H groups in total. The van der Waals surface area contributed by atoms with Gasteiger partial charge in [0.15, 0.2) is 5.13 Å². The first kappa shape index (κ1) is 19.1. The van der Waals surface area contributed by atoms with Gasteiger partial charge in [-0.3, -0.25) is 10.1 Å². The fraction of sp³-hybridized carbons (Fsp3) is 0.227. The Bertz CT molecular complexity index is 975. The lowest BCUT2D eigenvalue weighted by Crippen LogP contribution is -2.50. The fourth-order valence-electron chi connectivity index (χ4n) is 3.43. The molecule has 2 heterocycles. The van der Waals surface area contributed by atoms with Crippen molar-refractivity contribution in [3.05, 3.63) is 71.6 Å². The van der Waals surface area contributed by atoms with Gasteiger partial charge in [0.05, 0.1) is 5.69 Å². The highest BCUT2D eigenvalue weighted by Gasteiger charge is 2.25. The van der Waals surface area contributed by atoms with Gasteiger partial charge in [0.25, 0.3) is 5.91 Å². The van der Waals surface area contributed by atoms with Gasteiger partial charge in [-0.05, 0) is 25.0 Å². The summed E-state index contributed by atoms with van der Waals surface area (Å²) in [5.74, 6) is 0.00457. The quantitative estimate of drug-likeness (QED) is 0.681. The predicted molar refractivity (Wildman–Crippen MR) is 115 cm³/mol. The summed E-state index contributed by atoms with van der Waals surface area (Å²) in [5.41, 5.74) is 2.52. The fourth-order valence-corrected chi connectivity index (χ4v) is 4.15. The minimum atomic E-state index is -0.294. The topological polar surface area (TPSA) is 74.3 Å². The smallest absolute Gasteiger partial charge is 0.321 e. The first-order chi connectivity index (χ1) is 14.2. The normalized spacial score (nSPS) is 16.3. The molecule has 1 aromatic heterocycles. The van der Waals surface area contributed by atoms with Crippen molar-refractivity contribution in [2.75, 3.05) is 18.4 Å². The van der Waals surface area contributed by atoms with Crippen LogP contribution in [0.5, 0.6) is 0 Å². The van der Waals surface area contributed by atoms with E-state index in [1.165, 1.54) is 11.3 Å². The van der Waals surface area contributed by atoms with Crippen LogP contribution in [0.25, 0.3) is 11.3 Å². The number of hydrogen-bond donors (Lipinski definition) is 2. The zero-order valence-corrected chi connectivity index (χ0v) is 16.7. The molecule has 1 aliphatic rings. The average Bonchev–Trinajstić information content (AvgIpc) is 3.23. The molecule has 3 amide bonds. The van der Waals surface area contributed by atoms with E-state index >= 15 is 0 Å². The molecule has 29 heavy (non-hydrogen) atoms. The highest BCUT2D eigenvalue weighted by Crippen LogP contribution is 2.24. The van der Waals surface area contributed by atoms with E-state index < -0.39 is 0 Å². The lowest BCUT2D eigenvalue weighted by Gasteiger charge is -2.33. The number of amides is 3. The summed E-state index contributed by atoms with van der Waals surface area (Å²) in [7, 11) is 0. The second kappa shape index (κ2) is 8.87. The summed E-state index contributed by atoms with van der Waals surface area (Å²) in [6, 6.07) is 18.7. The number of nitrogens with one attached hydrogen (secondary N) is 2. The zero-order chi connectivity index (χ0) is 20.1. The summed E-state index contributed by atoms with van der Waals surface area (Å²) >= 11 is 1.39. The first-order valence-electron chi connectivity index (χ1n) is 9.62. The number of thiazole rings is 1. The average molecular weight is 407 g/mol. The number of urea groups is 1. The number of aromatic nitrogens is 1. The predicted octanol–water partition coefficient (Wildman–Crippen LogP) is 4.24. The molecule has 0 aliphatic carbocycles. The number of carbonyl (C=O) groups excluding carboxylic acids is 2. The summed E-state index contributed by atoms with van der Waals surface area (Å²) in [5, 5.41) is 8.26. The number of carbonyl (C=O) groups is 2. The van der Waals surface area contributed by atoms with Crippen LogP contribution in [0.2, 0.25) is 0 Å². The molecule has 1 aliphatic heterocycles. The van der Waals surface area contributed by atoms with E-state index in [0.29, 0.717) is 23.8 Å². The summed E-state index contributed by atoms with van der Waals surface area (Å²) in [6.07, 6.45) is 1.71. The maximum absolute atomic E-state index is 12.6. The summed E-state index contributed by atoms with van der Waals surface area (Å²) in [4.78, 5) is 31.3. The van der Waals surface area contributed by atoms with Crippen LogP contribution in [0.1, 0.15) is 23.2 Å². The van der Waals surface area contributed by atoms with E-state index in [2.05, 4.69) is 15.6 Å². The van der Waals surface area contributed by atoms with Gasteiger partial charge in [0, 0.05) is 35.6 Å². The Hall–Kier alpha value is -3.19. The molecule has 7 heteroatoms. The Morgan fingerprint density at radius 2 is 1.76 bits per heavy atom. The minimum Gasteiger partial charge on any atom is -0.337 e. The maximum Gasteiger partial charge on any atom is 0.321 e. The number of benzene rings is 2. The number of nitrogens with zero attached hydrogens (tertiary/aromatic N) is 2. The molecule has 0 radical (unpaired) electrons. The molecule has 1 fully saturated rings. The van der Waals surface area contributed by atoms with Crippen molar-refractivity contribution in [3.8, 4) is 11.3 Å². The SMILES string of the molecule is O=C(Nc1nc(-c2ccccc2)cs1)NC1CCCN(C(=O)c2ccccc2)C1. The largest absolute Gasteiger partial charge is 0.337 e. The molecule has 0 bridgehead atoms. The van der Waals surface area contributed by atoms with E-state index in [0.717, 1.165) is 24.1 Å². The van der Waals surface area contributed by atoms with Crippen molar-refractivity contribution in [3.63, 3.8) is 0 Å². The van der Waals surface area contributed by atoms with Gasteiger partial charge >= 0.3 is 6.03 Å². The first-order valence-corrected chi connectivity index (χ1v) is 10.5. The Morgan fingerprint density at radius 1 is 1.03 bits per heavy atom. The standard InChI is InChI=1S/C22H22N4O2S/c27-20(17-10-5-2-6-11-17)26-13-7-12-18(14-26)23-21(28)25-22-24-19(15-29-22)16-8-3-1-4-9-16/h1-6,8-11,15,18H,7,12-14H2,(H2,23,24,25,28). The van der Waals surface area contributed by atoms with Crippen molar-refractivity contribution < 1.29 is 9.59 Å². The molecule has 6 nitrogen and oxygen atoms in total. The minimum absolute atomic E-state index is 0.00457. The van der Waals surface area contributed by atoms with E-state index in [-0.39, 0.29) is 18.0 Å². The Morgan fingerprint density at radius 3 is 2.52 bits per heavy atom. The van der Waals surface area contributed by atoms with Crippen LogP contribution in [-0.4, -0.2) is 41.0 Å². The number of hydrogen-bond acceptors (Lipinski definition) is 4. The lowest BCUT2D eigenvalue weighted by atomic mass is 10.0. The molecule has 1 unspecified atom stereocenters. The second-order valence-electron chi connectivity index (χ2n) is 6.96. The van der Waals surface area contributed by atoms with Gasteiger partial charge in [0.2, 0.25) is 0 Å². The summed E-state index contributed by atoms with van der Waals surface area (Å²) in [6.45, 7) is 1.22. The highest BCUT2D eigenvalue weighted by atomic mass is 32.1. The van der Waals surface area contributed by atoms with Crippen LogP contribution < -0.4 is 10.6 Å². The van der Waals surface area contributed by atoms with Crippen LogP contribution in [0.3, 0.4) is 0 Å². The van der Waals surface area contributed by atoms with Gasteiger partial charge < -0.3 is 10.2 Å². The van der Waals surface area contributed by atoms with Gasteiger partial charge in [-0.15, -0.1) is 11.3 Å². The summed E-state index contributed by atoms with van der Waals surface area (Å²) < 4.78 is 0. The number of anilines is 1. The number of rotatable bonds is 4. The van der Waals surface area contributed by atoms with Crippen LogP contribution in [0, 0.1) is 0 Å². The molecular weight excluding hydrogens is 384 g/mol. The van der Waals surface area contributed by atoms with Gasteiger partial charge in [0.1, 0.15) is 0 Å². The van der Waals surface area contributed by atoms with Crippen LogP contribution in [-0.2, 0) is 0 Å². The third-order valence-corrected chi connectivity index (χ3v) is 5.62. The molecule has 0 saturated carbocycles. The van der Waals surface area contributed by atoms with E-state index in [1.54, 1.807) is 4.90 Å². The molecule has 4 rings (SSSR count). The van der Waals surface area contributed by atoms with Gasteiger partial charge in [-0.1, -0.05) is 48.5 Å². The number of piperidine rings is 1. The third-order valence-electron chi connectivity index (χ3n) is 4.86. The van der Waals surface area contributed by atoms with Crippen molar-refractivity contribution in [1.82, 2.24) is 15.2 Å². The van der Waals surface area contributed by atoms with Crippen molar-refractivity contribution in [2.45, 2.75) is 18.9 Å². The highest BCUT2D eigenvalue weighted by molar-refractivity contribution is 7.14. The van der Waals surface area contributed by atoms with E-state index in [1.807, 2.05) is 66.0 Å². The number of likely N-dealkylation sites (tertiary alicyclic amines) is 1. The van der Waals surface area contributed by atoms with Crippen LogP contribution in [0.4, 0.5) is 9.93 Å².